The summed E-state index contributed by atoms with van der Waals surface area (Å²) >= 11 is 0. The summed E-state index contributed by atoms with van der Waals surface area (Å²) in [6, 6.07) is 0. The molecule has 4 fully saturated rings. The quantitative estimate of drug-likeness (QED) is 0.183. The molecule has 4 saturated carbocycles. The van der Waals surface area contributed by atoms with Crippen LogP contribution in [-0.4, -0.2) is 28.2 Å². The number of ketones is 1. The van der Waals surface area contributed by atoms with Gasteiger partial charge in [0.1, 0.15) is 5.78 Å². The van der Waals surface area contributed by atoms with Crippen LogP contribution in [0.1, 0.15) is 130 Å². The van der Waals surface area contributed by atoms with Crippen LogP contribution in [0.25, 0.3) is 0 Å². The van der Waals surface area contributed by atoms with Gasteiger partial charge in [0.2, 0.25) is 0 Å². The van der Waals surface area contributed by atoms with E-state index in [1.54, 1.807) is 5.57 Å². The zero-order chi connectivity index (χ0) is 28.0. The summed E-state index contributed by atoms with van der Waals surface area (Å²) in [5.74, 6) is 2.06. The minimum atomic E-state index is -0.624. The molecule has 6 atom stereocenters. The van der Waals surface area contributed by atoms with E-state index >= 15 is 0 Å². The average molecular weight is 537 g/mol. The molecule has 0 aliphatic heterocycles. The van der Waals surface area contributed by atoms with Gasteiger partial charge in [-0.3, -0.25) is 4.79 Å². The molecule has 0 bridgehead atoms. The number of aliphatic hydroxyl groups excluding tert-OH is 2. The zero-order valence-electron chi connectivity index (χ0n) is 25.2. The van der Waals surface area contributed by atoms with Crippen molar-refractivity contribution in [1.29, 1.82) is 0 Å². The van der Waals surface area contributed by atoms with E-state index in [9.17, 15) is 15.0 Å². The number of Topliss-reactive ketones (excluding diaryl/α,β-unsaturated/α-hetero) is 1. The molecule has 0 aromatic heterocycles. The van der Waals surface area contributed by atoms with E-state index in [1.807, 2.05) is 0 Å². The normalized spacial score (nSPS) is 35.1. The van der Waals surface area contributed by atoms with Crippen LogP contribution in [0.2, 0.25) is 0 Å². The predicted molar refractivity (Wildman–Crippen MR) is 162 cm³/mol. The van der Waals surface area contributed by atoms with Crippen molar-refractivity contribution in [3.63, 3.8) is 0 Å². The van der Waals surface area contributed by atoms with Gasteiger partial charge in [-0.05, 0) is 104 Å². The standard InChI is InChI=1S/C36H56O3/c1-5-6-7-8-9-16-33(38)32(35(3)22-23-35)15-11-10-14-29-19-20-31-27(13-12-21-36(29,31)4)17-18-28-24-30(37)25-34(39)26(28)2/h10-11,17-18,29-32,34,37,39H,2,5-9,12-16,19-25H2,1,3-4H3/b11-10+,27-17-,28-18+. The number of fused-ring (bicyclic) bond motifs is 1. The van der Waals surface area contributed by atoms with Crippen molar-refractivity contribution in [3.8, 4) is 0 Å². The van der Waals surface area contributed by atoms with Crippen molar-refractivity contribution in [1.82, 2.24) is 0 Å². The van der Waals surface area contributed by atoms with Crippen LogP contribution in [0.5, 0.6) is 0 Å². The number of hydrogen-bond acceptors (Lipinski definition) is 3. The lowest BCUT2D eigenvalue weighted by molar-refractivity contribution is -0.124. The summed E-state index contributed by atoms with van der Waals surface area (Å²) in [7, 11) is 0. The molecule has 6 unspecified atom stereocenters. The van der Waals surface area contributed by atoms with E-state index in [-0.39, 0.29) is 11.3 Å². The maximum absolute atomic E-state index is 13.1. The fourth-order valence-corrected chi connectivity index (χ4v) is 8.12. The molecule has 4 aliphatic carbocycles. The molecule has 0 radical (unpaired) electrons. The Morgan fingerprint density at radius 3 is 2.56 bits per heavy atom. The van der Waals surface area contributed by atoms with E-state index in [2.05, 4.69) is 51.7 Å². The van der Waals surface area contributed by atoms with Crippen LogP contribution >= 0.6 is 0 Å². The van der Waals surface area contributed by atoms with Gasteiger partial charge in [-0.25, -0.2) is 0 Å². The minimum Gasteiger partial charge on any atom is -0.393 e. The van der Waals surface area contributed by atoms with Gasteiger partial charge in [0.15, 0.2) is 0 Å². The lowest BCUT2D eigenvalue weighted by Crippen LogP contribution is -2.33. The fraction of sp³-hybridized carbons (Fsp3) is 0.750. The van der Waals surface area contributed by atoms with Crippen molar-refractivity contribution in [2.24, 2.45) is 28.6 Å². The average Bonchev–Trinajstić information content (AvgIpc) is 3.55. The van der Waals surface area contributed by atoms with Gasteiger partial charge in [-0.2, -0.15) is 0 Å². The number of carbonyl (C=O) groups excluding carboxylic acids is 1. The molecule has 0 aromatic carbocycles. The SMILES string of the molecule is C=C1/C(=C/C=C2/CCCC3(C)C(C/C=C/CC(C(=O)CCCCCCC)C4(C)CC4)CCC23)CC(O)CC1O. The summed E-state index contributed by atoms with van der Waals surface area (Å²) < 4.78 is 0. The highest BCUT2D eigenvalue weighted by atomic mass is 16.3. The topological polar surface area (TPSA) is 57.5 Å². The lowest BCUT2D eigenvalue weighted by atomic mass is 9.63. The summed E-state index contributed by atoms with van der Waals surface area (Å²) in [6.45, 7) is 11.2. The first-order chi connectivity index (χ1) is 18.7. The zero-order valence-corrected chi connectivity index (χ0v) is 25.2. The Labute approximate surface area is 238 Å². The first-order valence-corrected chi connectivity index (χ1v) is 16.3. The smallest absolute Gasteiger partial charge is 0.136 e. The van der Waals surface area contributed by atoms with Gasteiger partial charge in [0, 0.05) is 18.8 Å². The Morgan fingerprint density at radius 1 is 1.05 bits per heavy atom. The highest BCUT2D eigenvalue weighted by Crippen LogP contribution is 2.58. The second-order valence-electron chi connectivity index (χ2n) is 14.0. The van der Waals surface area contributed by atoms with Crippen molar-refractivity contribution in [3.05, 3.63) is 47.6 Å². The van der Waals surface area contributed by atoms with E-state index in [0.717, 1.165) is 43.3 Å². The Hall–Kier alpha value is -1.45. The van der Waals surface area contributed by atoms with Gasteiger partial charge in [-0.1, -0.05) is 82.9 Å². The summed E-state index contributed by atoms with van der Waals surface area (Å²) in [4.78, 5) is 13.1. The predicted octanol–water partition coefficient (Wildman–Crippen LogP) is 8.81. The molecule has 4 aliphatic rings. The van der Waals surface area contributed by atoms with Crippen LogP contribution in [0.4, 0.5) is 0 Å². The second kappa shape index (κ2) is 13.5. The van der Waals surface area contributed by atoms with E-state index in [4.69, 9.17) is 0 Å². The van der Waals surface area contributed by atoms with Gasteiger partial charge < -0.3 is 10.2 Å². The van der Waals surface area contributed by atoms with Crippen LogP contribution in [0.3, 0.4) is 0 Å². The molecule has 2 N–H and O–H groups in total. The van der Waals surface area contributed by atoms with Gasteiger partial charge >= 0.3 is 0 Å². The number of hydrogen-bond donors (Lipinski definition) is 2. The summed E-state index contributed by atoms with van der Waals surface area (Å²) in [6.07, 6.45) is 26.7. The summed E-state index contributed by atoms with van der Waals surface area (Å²) in [5, 5.41) is 20.3. The van der Waals surface area contributed by atoms with Crippen LogP contribution in [0.15, 0.2) is 47.6 Å². The molecule has 0 amide bonds. The van der Waals surface area contributed by atoms with Crippen molar-refractivity contribution < 1.29 is 15.0 Å². The highest BCUT2D eigenvalue weighted by Gasteiger charge is 2.49. The van der Waals surface area contributed by atoms with E-state index < -0.39 is 12.2 Å². The molecule has 0 saturated heterocycles. The number of carbonyl (C=O) groups is 1. The molecule has 0 heterocycles. The lowest BCUT2D eigenvalue weighted by Gasteiger charge is -2.42. The number of unbranched alkanes of at least 4 members (excludes halogenated alkanes) is 4. The third-order valence-corrected chi connectivity index (χ3v) is 11.2. The Morgan fingerprint density at radius 2 is 1.82 bits per heavy atom. The maximum Gasteiger partial charge on any atom is 0.136 e. The highest BCUT2D eigenvalue weighted by molar-refractivity contribution is 5.82. The third-order valence-electron chi connectivity index (χ3n) is 11.2. The minimum absolute atomic E-state index is 0.218. The van der Waals surface area contributed by atoms with Crippen molar-refractivity contribution >= 4 is 5.78 Å². The largest absolute Gasteiger partial charge is 0.393 e. The Bertz CT molecular complexity index is 950. The van der Waals surface area contributed by atoms with Crippen LogP contribution in [0, 0.1) is 28.6 Å². The third kappa shape index (κ3) is 7.45. The monoisotopic (exact) mass is 536 g/mol. The second-order valence-corrected chi connectivity index (χ2v) is 14.0. The molecule has 0 spiro atoms. The Kier molecular flexibility index (Phi) is 10.5. The van der Waals surface area contributed by atoms with Gasteiger partial charge in [0.25, 0.3) is 0 Å². The van der Waals surface area contributed by atoms with E-state index in [1.165, 1.54) is 64.2 Å². The van der Waals surface area contributed by atoms with Crippen molar-refractivity contribution in [2.75, 3.05) is 0 Å². The number of rotatable bonds is 13. The molecule has 39 heavy (non-hydrogen) atoms. The van der Waals surface area contributed by atoms with Crippen LogP contribution < -0.4 is 0 Å². The fourth-order valence-electron chi connectivity index (χ4n) is 8.12. The van der Waals surface area contributed by atoms with Gasteiger partial charge in [0.05, 0.1) is 12.2 Å². The number of aliphatic hydroxyl groups is 2. The maximum atomic E-state index is 13.1. The molecule has 218 valence electrons. The van der Waals surface area contributed by atoms with Gasteiger partial charge in [-0.15, -0.1) is 0 Å². The molecular formula is C36H56O3. The Balaban J connectivity index is 1.33. The summed E-state index contributed by atoms with van der Waals surface area (Å²) in [5.41, 5.74) is 3.93. The molecular weight excluding hydrogens is 480 g/mol. The molecule has 3 heteroatoms. The van der Waals surface area contributed by atoms with Crippen molar-refractivity contribution in [2.45, 2.75) is 142 Å². The molecule has 0 aromatic rings. The first kappa shape index (κ1) is 30.5. The number of allylic oxidation sites excluding steroid dienone is 5. The molecule has 4 rings (SSSR count). The first-order valence-electron chi connectivity index (χ1n) is 16.3. The van der Waals surface area contributed by atoms with Crippen LogP contribution in [-0.2, 0) is 4.79 Å². The molecule has 3 nitrogen and oxygen atoms in total. The van der Waals surface area contributed by atoms with E-state index in [0.29, 0.717) is 35.9 Å².